The monoisotopic (exact) mass is 464 g/mol. The molecule has 9 nitrogen and oxygen atoms in total. The van der Waals surface area contributed by atoms with Crippen LogP contribution in [-0.2, 0) is 4.74 Å². The van der Waals surface area contributed by atoms with E-state index in [1.807, 2.05) is 29.6 Å². The van der Waals surface area contributed by atoms with E-state index in [1.54, 1.807) is 0 Å². The molecule has 2 fully saturated rings. The molecule has 1 aromatic carbocycles. The summed E-state index contributed by atoms with van der Waals surface area (Å²) in [4.78, 5) is 20.5. The van der Waals surface area contributed by atoms with Crippen molar-refractivity contribution >= 4 is 17.1 Å². The second kappa shape index (κ2) is 8.01. The molecule has 0 amide bonds. The summed E-state index contributed by atoms with van der Waals surface area (Å²) in [6.45, 7) is 5.11. The molecular weight excluding hydrogens is 442 g/mol. The zero-order valence-electron chi connectivity index (χ0n) is 18.7. The molecule has 0 bridgehead atoms. The molecule has 0 radical (unpaired) electrons. The van der Waals surface area contributed by atoms with E-state index >= 15 is 0 Å². The Hall–Kier alpha value is -3.60. The molecule has 4 heterocycles. The minimum atomic E-state index is -0.720. The van der Waals surface area contributed by atoms with E-state index < -0.39 is 11.6 Å². The van der Waals surface area contributed by atoms with Gasteiger partial charge in [0.05, 0.1) is 36.8 Å². The Morgan fingerprint density at radius 3 is 2.65 bits per heavy atom. The van der Waals surface area contributed by atoms with E-state index in [9.17, 15) is 8.78 Å². The first kappa shape index (κ1) is 21.0. The van der Waals surface area contributed by atoms with Gasteiger partial charge >= 0.3 is 0 Å². The molecular formula is C23H22F2N8O. The molecule has 2 aliphatic rings. The van der Waals surface area contributed by atoms with Crippen molar-refractivity contribution in [2.24, 2.45) is 0 Å². The second-order valence-corrected chi connectivity index (χ2v) is 8.72. The number of halogens is 2. The molecule has 4 aromatic rings. The summed E-state index contributed by atoms with van der Waals surface area (Å²) in [5.74, 6) is -0.998. The molecule has 1 saturated heterocycles. The highest BCUT2D eigenvalue weighted by Crippen LogP contribution is 2.35. The summed E-state index contributed by atoms with van der Waals surface area (Å²) in [7, 11) is 0. The number of ether oxygens (including phenoxy) is 1. The van der Waals surface area contributed by atoms with Crippen LogP contribution in [0.4, 0.5) is 14.7 Å². The van der Waals surface area contributed by atoms with E-state index in [-0.39, 0.29) is 17.4 Å². The van der Waals surface area contributed by atoms with Gasteiger partial charge in [-0.15, -0.1) is 5.10 Å². The number of rotatable bonds is 4. The third-order valence-electron chi connectivity index (χ3n) is 6.24. The number of aryl methyl sites for hydroxylation is 2. The van der Waals surface area contributed by atoms with Gasteiger partial charge in [-0.25, -0.2) is 28.4 Å². The number of anilines is 1. The summed E-state index contributed by atoms with van der Waals surface area (Å²) in [6.07, 6.45) is 3.88. The van der Waals surface area contributed by atoms with Crippen molar-refractivity contribution in [3.63, 3.8) is 0 Å². The van der Waals surface area contributed by atoms with Crippen molar-refractivity contribution in [3.05, 3.63) is 53.1 Å². The number of morpholine rings is 1. The zero-order valence-corrected chi connectivity index (χ0v) is 18.7. The summed E-state index contributed by atoms with van der Waals surface area (Å²) < 4.78 is 36.2. The average Bonchev–Trinajstić information content (AvgIpc) is 3.56. The van der Waals surface area contributed by atoms with E-state index in [2.05, 4.69) is 30.2 Å². The summed E-state index contributed by atoms with van der Waals surface area (Å²) in [6, 6.07) is 3.84. The topological polar surface area (TPSA) is 94.7 Å². The van der Waals surface area contributed by atoms with Gasteiger partial charge in [-0.1, -0.05) is 5.21 Å². The fraction of sp³-hybridized carbons (Fsp3) is 0.391. The Bertz CT molecular complexity index is 1400. The average molecular weight is 464 g/mol. The largest absolute Gasteiger partial charge is 0.368 e. The summed E-state index contributed by atoms with van der Waals surface area (Å²) in [5, 5.41) is 8.53. The van der Waals surface area contributed by atoms with Gasteiger partial charge in [-0.3, -0.25) is 0 Å². The van der Waals surface area contributed by atoms with Crippen LogP contribution in [0.5, 0.6) is 0 Å². The predicted molar refractivity (Wildman–Crippen MR) is 119 cm³/mol. The normalized spacial score (nSPS) is 18.6. The Kier molecular flexibility index (Phi) is 4.94. The lowest BCUT2D eigenvalue weighted by Gasteiger charge is -2.32. The smallest absolute Gasteiger partial charge is 0.228 e. The number of nitrogens with zero attached hydrogens (tertiary/aromatic N) is 8. The minimum absolute atomic E-state index is 0.143. The van der Waals surface area contributed by atoms with Crippen LogP contribution in [0.2, 0.25) is 0 Å². The number of fused-ring (bicyclic) bond motifs is 1. The zero-order chi connectivity index (χ0) is 23.4. The van der Waals surface area contributed by atoms with Crippen molar-refractivity contribution in [2.45, 2.75) is 38.8 Å². The van der Waals surface area contributed by atoms with Gasteiger partial charge in [0.25, 0.3) is 0 Å². The third kappa shape index (κ3) is 3.75. The maximum Gasteiger partial charge on any atom is 0.228 e. The van der Waals surface area contributed by atoms with Crippen LogP contribution < -0.4 is 4.90 Å². The van der Waals surface area contributed by atoms with Crippen LogP contribution in [-0.4, -0.2) is 54.6 Å². The van der Waals surface area contributed by atoms with Crippen LogP contribution in [0.3, 0.4) is 0 Å². The van der Waals surface area contributed by atoms with E-state index in [4.69, 9.17) is 4.74 Å². The number of benzene rings is 1. The lowest BCUT2D eigenvalue weighted by atomic mass is 10.1. The molecule has 174 valence electrons. The second-order valence-electron chi connectivity index (χ2n) is 8.72. The van der Waals surface area contributed by atoms with Gasteiger partial charge in [0, 0.05) is 18.2 Å². The fourth-order valence-electron chi connectivity index (χ4n) is 4.08. The Morgan fingerprint density at radius 2 is 1.85 bits per heavy atom. The molecule has 0 spiro atoms. The van der Waals surface area contributed by atoms with Gasteiger partial charge in [0.15, 0.2) is 5.65 Å². The van der Waals surface area contributed by atoms with Crippen LogP contribution in [0.1, 0.15) is 42.1 Å². The maximum atomic E-state index is 14.8. The predicted octanol–water partition coefficient (Wildman–Crippen LogP) is 3.49. The van der Waals surface area contributed by atoms with Gasteiger partial charge in [-0.05, 0) is 38.8 Å². The van der Waals surface area contributed by atoms with Crippen LogP contribution >= 0.6 is 0 Å². The molecule has 0 N–H and O–H groups in total. The minimum Gasteiger partial charge on any atom is -0.368 e. The van der Waals surface area contributed by atoms with E-state index in [0.29, 0.717) is 48.5 Å². The number of hydrogen-bond acceptors (Lipinski definition) is 8. The Balaban J connectivity index is 1.41. The third-order valence-corrected chi connectivity index (χ3v) is 6.24. The van der Waals surface area contributed by atoms with Gasteiger partial charge in [0.2, 0.25) is 5.95 Å². The van der Waals surface area contributed by atoms with Crippen LogP contribution in [0.25, 0.3) is 22.4 Å². The number of aromatic nitrogens is 7. The molecule has 1 saturated carbocycles. The number of hydrogen-bond donors (Lipinski definition) is 0. The molecule has 1 aliphatic carbocycles. The summed E-state index contributed by atoms with van der Waals surface area (Å²) in [5.41, 5.74) is 3.31. The van der Waals surface area contributed by atoms with Crippen molar-refractivity contribution in [3.8, 4) is 11.3 Å². The highest BCUT2D eigenvalue weighted by atomic mass is 19.1. The lowest BCUT2D eigenvalue weighted by Crippen LogP contribution is -2.39. The van der Waals surface area contributed by atoms with Crippen LogP contribution in [0, 0.1) is 25.5 Å². The van der Waals surface area contributed by atoms with E-state index in [1.165, 1.54) is 12.1 Å². The molecule has 3 aromatic heterocycles. The quantitative estimate of drug-likeness (QED) is 0.453. The van der Waals surface area contributed by atoms with Crippen molar-refractivity contribution < 1.29 is 13.5 Å². The first-order valence-corrected chi connectivity index (χ1v) is 11.2. The van der Waals surface area contributed by atoms with Crippen molar-refractivity contribution in [2.75, 3.05) is 24.6 Å². The summed E-state index contributed by atoms with van der Waals surface area (Å²) >= 11 is 0. The molecule has 1 aliphatic heterocycles. The first-order chi connectivity index (χ1) is 16.5. The van der Waals surface area contributed by atoms with Crippen LogP contribution in [0.15, 0.2) is 24.4 Å². The van der Waals surface area contributed by atoms with Crippen molar-refractivity contribution in [1.29, 1.82) is 0 Å². The Labute approximate surface area is 193 Å². The van der Waals surface area contributed by atoms with Gasteiger partial charge < -0.3 is 9.64 Å². The maximum absolute atomic E-state index is 14.8. The van der Waals surface area contributed by atoms with Gasteiger partial charge in [0.1, 0.15) is 34.6 Å². The molecule has 11 heteroatoms. The highest BCUT2D eigenvalue weighted by molar-refractivity contribution is 5.88. The highest BCUT2D eigenvalue weighted by Gasteiger charge is 2.30. The molecule has 1 atom stereocenters. The lowest BCUT2D eigenvalue weighted by molar-refractivity contribution is 0.0364. The SMILES string of the molecule is Cc1nc2nc(N3CCOC(c4cn(C5CC5)nn4)C3)nc(-c3ccc(F)cc3F)c2nc1C. The fourth-order valence-corrected chi connectivity index (χ4v) is 4.08. The standard InChI is InChI=1S/C23H22F2N8O/c1-12-13(2)27-22-21(26-12)20(16-6-3-14(24)9-17(16)25)28-23(29-22)32-7-8-34-19(11-32)18-10-33(31-30-18)15-4-5-15/h3,6,9-10,15,19H,4-5,7-8,11H2,1-2H3. The first-order valence-electron chi connectivity index (χ1n) is 11.2. The van der Waals surface area contributed by atoms with Crippen molar-refractivity contribution in [1.82, 2.24) is 34.9 Å². The Morgan fingerprint density at radius 1 is 1.03 bits per heavy atom. The van der Waals surface area contributed by atoms with E-state index in [0.717, 1.165) is 30.3 Å². The molecule has 34 heavy (non-hydrogen) atoms. The molecule has 6 rings (SSSR count). The van der Waals surface area contributed by atoms with Gasteiger partial charge in [-0.2, -0.15) is 4.98 Å². The molecule has 1 unspecified atom stereocenters.